The van der Waals surface area contributed by atoms with E-state index in [-0.39, 0.29) is 5.91 Å². The zero-order valence-electron chi connectivity index (χ0n) is 17.5. The van der Waals surface area contributed by atoms with Gasteiger partial charge in [-0.3, -0.25) is 9.78 Å². The van der Waals surface area contributed by atoms with Crippen LogP contribution in [0.5, 0.6) is 5.75 Å². The van der Waals surface area contributed by atoms with Crippen molar-refractivity contribution in [1.82, 2.24) is 19.4 Å². The molecule has 0 saturated heterocycles. The van der Waals surface area contributed by atoms with Gasteiger partial charge in [0.2, 0.25) is 0 Å². The number of benzene rings is 2. The number of ether oxygens (including phenoxy) is 1. The van der Waals surface area contributed by atoms with Gasteiger partial charge < -0.3 is 14.2 Å². The van der Waals surface area contributed by atoms with Crippen LogP contribution in [0.1, 0.15) is 21.9 Å². The summed E-state index contributed by atoms with van der Waals surface area (Å²) in [7, 11) is 1.76. The Morgan fingerprint density at radius 2 is 1.94 bits per heavy atom. The van der Waals surface area contributed by atoms with Crippen LogP contribution >= 0.6 is 11.6 Å². The summed E-state index contributed by atoms with van der Waals surface area (Å²) in [5, 5.41) is 0.718. The second-order valence-electron chi connectivity index (χ2n) is 7.30. The Hall–Kier alpha value is -3.38. The van der Waals surface area contributed by atoms with Gasteiger partial charge in [0.1, 0.15) is 23.9 Å². The number of nitrogens with zero attached hydrogens (tertiary/aromatic N) is 4. The molecule has 0 spiro atoms. The lowest BCUT2D eigenvalue weighted by Crippen LogP contribution is -2.28. The molecule has 0 aliphatic heterocycles. The van der Waals surface area contributed by atoms with E-state index in [2.05, 4.69) is 9.55 Å². The molecule has 0 atom stereocenters. The van der Waals surface area contributed by atoms with Crippen molar-refractivity contribution < 1.29 is 9.53 Å². The molecule has 0 bridgehead atoms. The normalized spacial score (nSPS) is 10.9. The molecule has 0 N–H and O–H groups in total. The number of hydrogen-bond acceptors (Lipinski definition) is 4. The van der Waals surface area contributed by atoms with Gasteiger partial charge in [-0.05, 0) is 55.0 Å². The van der Waals surface area contributed by atoms with Crippen molar-refractivity contribution >= 4 is 28.5 Å². The first-order valence-corrected chi connectivity index (χ1v) is 10.4. The third kappa shape index (κ3) is 4.70. The zero-order chi connectivity index (χ0) is 21.8. The van der Waals surface area contributed by atoms with Crippen LogP contribution in [-0.2, 0) is 13.1 Å². The number of rotatable bonds is 7. The lowest BCUT2D eigenvalue weighted by atomic mass is 10.2. The number of para-hydroxylation sites is 2. The smallest absolute Gasteiger partial charge is 0.272 e. The van der Waals surface area contributed by atoms with E-state index < -0.39 is 0 Å². The minimum Gasteiger partial charge on any atom is -0.492 e. The zero-order valence-corrected chi connectivity index (χ0v) is 18.2. The molecule has 0 fully saturated rings. The molecule has 0 radical (unpaired) electrons. The second-order valence-corrected chi connectivity index (χ2v) is 7.71. The van der Waals surface area contributed by atoms with Crippen molar-refractivity contribution in [2.24, 2.45) is 0 Å². The van der Waals surface area contributed by atoms with Crippen molar-refractivity contribution in [3.8, 4) is 5.75 Å². The summed E-state index contributed by atoms with van der Waals surface area (Å²) >= 11 is 6.10. The van der Waals surface area contributed by atoms with Gasteiger partial charge in [0, 0.05) is 18.3 Å². The molecule has 31 heavy (non-hydrogen) atoms. The molecular formula is C24H23ClN4O2. The average Bonchev–Trinajstić information content (AvgIpc) is 3.13. The Balaban J connectivity index is 1.52. The first-order valence-electron chi connectivity index (χ1n) is 10.0. The van der Waals surface area contributed by atoms with Crippen LogP contribution in [0.15, 0.2) is 66.9 Å². The van der Waals surface area contributed by atoms with Gasteiger partial charge in [0.05, 0.1) is 24.1 Å². The summed E-state index contributed by atoms with van der Waals surface area (Å²) in [5.74, 6) is 1.42. The van der Waals surface area contributed by atoms with Gasteiger partial charge in [-0.2, -0.15) is 0 Å². The third-order valence-corrected chi connectivity index (χ3v) is 5.48. The molecule has 2 heterocycles. The predicted octanol–water partition coefficient (Wildman–Crippen LogP) is 4.74. The summed E-state index contributed by atoms with van der Waals surface area (Å²) in [6, 6.07) is 18.9. The highest BCUT2D eigenvalue weighted by atomic mass is 35.5. The van der Waals surface area contributed by atoms with E-state index in [0.717, 1.165) is 33.2 Å². The molecule has 0 aliphatic carbocycles. The molecule has 4 rings (SSSR count). The van der Waals surface area contributed by atoms with E-state index in [1.165, 1.54) is 0 Å². The minimum atomic E-state index is -0.146. The van der Waals surface area contributed by atoms with Crippen molar-refractivity contribution in [2.75, 3.05) is 13.7 Å². The van der Waals surface area contributed by atoms with E-state index in [4.69, 9.17) is 21.3 Å². The summed E-state index contributed by atoms with van der Waals surface area (Å²) in [4.78, 5) is 23.3. The lowest BCUT2D eigenvalue weighted by Gasteiger charge is -2.18. The molecule has 0 unspecified atom stereocenters. The number of fused-ring (bicyclic) bond motifs is 1. The molecule has 158 valence electrons. The van der Waals surface area contributed by atoms with Crippen LogP contribution < -0.4 is 4.74 Å². The summed E-state index contributed by atoms with van der Waals surface area (Å²) in [6.45, 7) is 3.38. The Bertz CT molecular complexity index is 1210. The molecule has 2 aromatic heterocycles. The summed E-state index contributed by atoms with van der Waals surface area (Å²) in [5.41, 5.74) is 3.28. The van der Waals surface area contributed by atoms with Crippen molar-refractivity contribution in [3.05, 3.63) is 89.0 Å². The Kier molecular flexibility index (Phi) is 6.18. The van der Waals surface area contributed by atoms with Crippen LogP contribution in [0.25, 0.3) is 11.0 Å². The van der Waals surface area contributed by atoms with Crippen LogP contribution in [0.2, 0.25) is 5.02 Å². The van der Waals surface area contributed by atoms with Gasteiger partial charge in [0.15, 0.2) is 0 Å². The van der Waals surface area contributed by atoms with Crippen LogP contribution in [0, 0.1) is 6.92 Å². The van der Waals surface area contributed by atoms with E-state index in [9.17, 15) is 4.79 Å². The molecule has 2 aromatic carbocycles. The average molecular weight is 435 g/mol. The van der Waals surface area contributed by atoms with Crippen LogP contribution in [0.4, 0.5) is 0 Å². The van der Waals surface area contributed by atoms with Crippen LogP contribution in [0.3, 0.4) is 0 Å². The first kappa shape index (κ1) is 20.9. The van der Waals surface area contributed by atoms with E-state index in [1.807, 2.05) is 49.4 Å². The van der Waals surface area contributed by atoms with Gasteiger partial charge in [0.25, 0.3) is 5.91 Å². The fourth-order valence-corrected chi connectivity index (χ4v) is 3.54. The molecule has 7 heteroatoms. The molecule has 6 nitrogen and oxygen atoms in total. The molecule has 1 amide bonds. The quantitative estimate of drug-likeness (QED) is 0.421. The maximum absolute atomic E-state index is 12.7. The minimum absolute atomic E-state index is 0.146. The number of amides is 1. The number of halogens is 1. The van der Waals surface area contributed by atoms with Gasteiger partial charge in [-0.1, -0.05) is 29.8 Å². The number of carbonyl (C=O) groups excluding carboxylic acids is 1. The SMILES string of the molecule is Cc1cc(OCCn2c(CN(C)C(=O)c3ccccn3)nc3ccccc32)ccc1Cl. The number of hydrogen-bond donors (Lipinski definition) is 0. The van der Waals surface area contributed by atoms with Crippen LogP contribution in [-0.4, -0.2) is 39.0 Å². The Morgan fingerprint density at radius 1 is 1.13 bits per heavy atom. The number of aryl methyl sites for hydroxylation is 1. The predicted molar refractivity (Wildman–Crippen MR) is 121 cm³/mol. The van der Waals surface area contributed by atoms with E-state index in [0.29, 0.717) is 25.4 Å². The highest BCUT2D eigenvalue weighted by molar-refractivity contribution is 6.31. The maximum Gasteiger partial charge on any atom is 0.272 e. The second kappa shape index (κ2) is 9.18. The monoisotopic (exact) mass is 434 g/mol. The highest BCUT2D eigenvalue weighted by Crippen LogP contribution is 2.22. The topological polar surface area (TPSA) is 60.2 Å². The van der Waals surface area contributed by atoms with E-state index in [1.54, 1.807) is 36.3 Å². The van der Waals surface area contributed by atoms with Gasteiger partial charge >= 0.3 is 0 Å². The summed E-state index contributed by atoms with van der Waals surface area (Å²) < 4.78 is 8.04. The molecule has 4 aromatic rings. The van der Waals surface area contributed by atoms with Crippen molar-refractivity contribution in [2.45, 2.75) is 20.0 Å². The largest absolute Gasteiger partial charge is 0.492 e. The molecule has 0 aliphatic rings. The molecular weight excluding hydrogens is 412 g/mol. The van der Waals surface area contributed by atoms with Gasteiger partial charge in [-0.15, -0.1) is 0 Å². The summed E-state index contributed by atoms with van der Waals surface area (Å²) in [6.07, 6.45) is 1.62. The Labute approximate surface area is 186 Å². The fraction of sp³-hybridized carbons (Fsp3) is 0.208. The number of carbonyl (C=O) groups is 1. The first-order chi connectivity index (χ1) is 15.0. The standard InChI is InChI=1S/C24H23ClN4O2/c1-17-15-18(10-11-19(17)25)31-14-13-29-22-9-4-3-7-20(22)27-23(29)16-28(2)24(30)21-8-5-6-12-26-21/h3-12,15H,13-14,16H2,1-2H3. The highest BCUT2D eigenvalue weighted by Gasteiger charge is 2.17. The number of pyridine rings is 1. The maximum atomic E-state index is 12.7. The number of aromatic nitrogens is 3. The van der Waals surface area contributed by atoms with Crippen molar-refractivity contribution in [3.63, 3.8) is 0 Å². The van der Waals surface area contributed by atoms with E-state index >= 15 is 0 Å². The van der Waals surface area contributed by atoms with Gasteiger partial charge in [-0.25, -0.2) is 4.98 Å². The fourth-order valence-electron chi connectivity index (χ4n) is 3.43. The Morgan fingerprint density at radius 3 is 2.71 bits per heavy atom. The van der Waals surface area contributed by atoms with Crippen molar-refractivity contribution in [1.29, 1.82) is 0 Å². The number of imidazole rings is 1. The lowest BCUT2D eigenvalue weighted by molar-refractivity contribution is 0.0774. The molecule has 0 saturated carbocycles. The third-order valence-electron chi connectivity index (χ3n) is 5.06.